The zero-order valence-electron chi connectivity index (χ0n) is 14.8. The molecule has 1 rings (SSSR count). The van der Waals surface area contributed by atoms with Gasteiger partial charge in [0.2, 0.25) is 15.9 Å². The lowest BCUT2D eigenvalue weighted by Gasteiger charge is -2.28. The van der Waals surface area contributed by atoms with Gasteiger partial charge in [-0.25, -0.2) is 8.42 Å². The van der Waals surface area contributed by atoms with Crippen molar-refractivity contribution in [2.45, 2.75) is 40.5 Å². The highest BCUT2D eigenvalue weighted by Gasteiger charge is 2.25. The number of anilines is 1. The summed E-state index contributed by atoms with van der Waals surface area (Å²) in [5.41, 5.74) is 2.46. The van der Waals surface area contributed by atoms with E-state index in [0.717, 1.165) is 30.2 Å². The van der Waals surface area contributed by atoms with Crippen LogP contribution in [-0.2, 0) is 14.8 Å². The van der Waals surface area contributed by atoms with E-state index in [0.29, 0.717) is 18.8 Å². The van der Waals surface area contributed by atoms with Crippen LogP contribution in [0.5, 0.6) is 0 Å². The molecule has 5 nitrogen and oxygen atoms in total. The minimum Gasteiger partial charge on any atom is -0.341 e. The normalized spacial score (nSPS) is 11.3. The standard InChI is InChI=1S/C17H28N2O3S/c1-6-11-18(12-7-2)17(20)13-19(23(5,21)22)16-10-8-9-14(3)15(16)4/h8-10H,6-7,11-13H2,1-5H3. The Labute approximate surface area is 140 Å². The zero-order valence-corrected chi connectivity index (χ0v) is 15.6. The largest absolute Gasteiger partial charge is 0.341 e. The van der Waals surface area contributed by atoms with E-state index in [1.54, 1.807) is 11.0 Å². The van der Waals surface area contributed by atoms with Crippen molar-refractivity contribution < 1.29 is 13.2 Å². The molecule has 0 bridgehead atoms. The van der Waals surface area contributed by atoms with Crippen LogP contribution in [0.3, 0.4) is 0 Å². The predicted molar refractivity (Wildman–Crippen MR) is 95.3 cm³/mol. The van der Waals surface area contributed by atoms with Crippen LogP contribution in [0.4, 0.5) is 5.69 Å². The van der Waals surface area contributed by atoms with E-state index < -0.39 is 10.0 Å². The number of carbonyl (C=O) groups excluding carboxylic acids is 1. The molecule has 0 saturated carbocycles. The van der Waals surface area contributed by atoms with Crippen molar-refractivity contribution >= 4 is 21.6 Å². The highest BCUT2D eigenvalue weighted by molar-refractivity contribution is 7.92. The van der Waals surface area contributed by atoms with Crippen molar-refractivity contribution in [3.05, 3.63) is 29.3 Å². The van der Waals surface area contributed by atoms with E-state index in [2.05, 4.69) is 0 Å². The van der Waals surface area contributed by atoms with Gasteiger partial charge in [0, 0.05) is 13.1 Å². The van der Waals surface area contributed by atoms with Gasteiger partial charge in [-0.2, -0.15) is 0 Å². The molecule has 130 valence electrons. The van der Waals surface area contributed by atoms with Gasteiger partial charge in [0.25, 0.3) is 0 Å². The monoisotopic (exact) mass is 340 g/mol. The van der Waals surface area contributed by atoms with Gasteiger partial charge >= 0.3 is 0 Å². The Morgan fingerprint density at radius 3 is 2.13 bits per heavy atom. The molecule has 1 aromatic rings. The maximum absolute atomic E-state index is 12.6. The molecule has 0 unspecified atom stereocenters. The van der Waals surface area contributed by atoms with Gasteiger partial charge in [0.1, 0.15) is 6.54 Å². The minimum absolute atomic E-state index is 0.150. The second kappa shape index (κ2) is 8.34. The summed E-state index contributed by atoms with van der Waals surface area (Å²) in [5.74, 6) is -0.153. The molecule has 0 aliphatic carbocycles. The molecule has 0 radical (unpaired) electrons. The van der Waals surface area contributed by atoms with E-state index in [1.807, 2.05) is 39.8 Å². The molecule has 1 aromatic carbocycles. The van der Waals surface area contributed by atoms with Crippen molar-refractivity contribution in [1.29, 1.82) is 0 Å². The Bertz CT molecular complexity index is 635. The van der Waals surface area contributed by atoms with Crippen LogP contribution >= 0.6 is 0 Å². The number of hydrogen-bond acceptors (Lipinski definition) is 3. The van der Waals surface area contributed by atoms with E-state index in [1.165, 1.54) is 4.31 Å². The van der Waals surface area contributed by atoms with E-state index in [-0.39, 0.29) is 12.5 Å². The van der Waals surface area contributed by atoms with Crippen LogP contribution in [0.15, 0.2) is 18.2 Å². The average molecular weight is 340 g/mol. The third-order valence-corrected chi connectivity index (χ3v) is 4.99. The summed E-state index contributed by atoms with van der Waals surface area (Å²) in [6, 6.07) is 5.50. The molecule has 0 atom stereocenters. The zero-order chi connectivity index (χ0) is 17.6. The third-order valence-electron chi connectivity index (χ3n) is 3.86. The molecule has 0 aliphatic rings. The number of hydrogen-bond donors (Lipinski definition) is 0. The van der Waals surface area contributed by atoms with E-state index in [4.69, 9.17) is 0 Å². The SMILES string of the molecule is CCCN(CCC)C(=O)CN(c1cccc(C)c1C)S(C)(=O)=O. The van der Waals surface area contributed by atoms with E-state index in [9.17, 15) is 13.2 Å². The fourth-order valence-corrected chi connectivity index (χ4v) is 3.41. The van der Waals surface area contributed by atoms with Crippen molar-refractivity contribution in [1.82, 2.24) is 4.90 Å². The van der Waals surface area contributed by atoms with Gasteiger partial charge in [-0.15, -0.1) is 0 Å². The molecule has 0 heterocycles. The molecular formula is C17H28N2O3S. The van der Waals surface area contributed by atoms with Gasteiger partial charge in [0.05, 0.1) is 11.9 Å². The molecule has 23 heavy (non-hydrogen) atoms. The highest BCUT2D eigenvalue weighted by atomic mass is 32.2. The Hall–Kier alpha value is -1.56. The number of nitrogens with zero attached hydrogens (tertiary/aromatic N) is 2. The first-order valence-corrected chi connectivity index (χ1v) is 9.88. The first kappa shape index (κ1) is 19.5. The molecule has 0 aromatic heterocycles. The maximum Gasteiger partial charge on any atom is 0.243 e. The van der Waals surface area contributed by atoms with Crippen LogP contribution in [0.25, 0.3) is 0 Å². The fraction of sp³-hybridized carbons (Fsp3) is 0.588. The van der Waals surface area contributed by atoms with Gasteiger partial charge < -0.3 is 4.90 Å². The van der Waals surface area contributed by atoms with Gasteiger partial charge in [-0.1, -0.05) is 26.0 Å². The lowest BCUT2D eigenvalue weighted by atomic mass is 10.1. The lowest BCUT2D eigenvalue weighted by Crippen LogP contribution is -2.43. The van der Waals surface area contributed by atoms with Crippen molar-refractivity contribution in [3.8, 4) is 0 Å². The Morgan fingerprint density at radius 2 is 1.65 bits per heavy atom. The third kappa shape index (κ3) is 5.23. The van der Waals surface area contributed by atoms with Crippen molar-refractivity contribution in [2.75, 3.05) is 30.2 Å². The van der Waals surface area contributed by atoms with Crippen LogP contribution < -0.4 is 4.31 Å². The lowest BCUT2D eigenvalue weighted by molar-refractivity contribution is -0.129. The topological polar surface area (TPSA) is 57.7 Å². The summed E-state index contributed by atoms with van der Waals surface area (Å²) in [6.07, 6.45) is 2.86. The first-order valence-electron chi connectivity index (χ1n) is 8.04. The summed E-state index contributed by atoms with van der Waals surface area (Å²) < 4.78 is 25.7. The molecule has 1 amide bonds. The molecule has 0 saturated heterocycles. The summed E-state index contributed by atoms with van der Waals surface area (Å²) >= 11 is 0. The summed E-state index contributed by atoms with van der Waals surface area (Å²) in [4.78, 5) is 14.3. The molecule has 0 aliphatic heterocycles. The number of carbonyl (C=O) groups is 1. The minimum atomic E-state index is -3.53. The molecule has 0 fully saturated rings. The van der Waals surface area contributed by atoms with Crippen LogP contribution in [-0.4, -0.2) is 45.1 Å². The molecule has 0 spiro atoms. The highest BCUT2D eigenvalue weighted by Crippen LogP contribution is 2.25. The number of amides is 1. The Kier molecular flexibility index (Phi) is 7.06. The Morgan fingerprint density at radius 1 is 1.09 bits per heavy atom. The molecular weight excluding hydrogens is 312 g/mol. The second-order valence-corrected chi connectivity index (χ2v) is 7.78. The first-order chi connectivity index (χ1) is 10.7. The average Bonchev–Trinajstić information content (AvgIpc) is 2.46. The van der Waals surface area contributed by atoms with Gasteiger partial charge in [0.15, 0.2) is 0 Å². The number of aryl methyl sites for hydroxylation is 1. The van der Waals surface area contributed by atoms with Crippen LogP contribution in [0.2, 0.25) is 0 Å². The molecule has 6 heteroatoms. The second-order valence-electron chi connectivity index (χ2n) is 5.87. The van der Waals surface area contributed by atoms with Crippen LogP contribution in [0.1, 0.15) is 37.8 Å². The quantitative estimate of drug-likeness (QED) is 0.731. The summed E-state index contributed by atoms with van der Waals surface area (Å²) in [6.45, 7) is 8.98. The van der Waals surface area contributed by atoms with Crippen molar-refractivity contribution in [2.24, 2.45) is 0 Å². The van der Waals surface area contributed by atoms with Crippen molar-refractivity contribution in [3.63, 3.8) is 0 Å². The number of sulfonamides is 1. The van der Waals surface area contributed by atoms with E-state index >= 15 is 0 Å². The Balaban J connectivity index is 3.14. The van der Waals surface area contributed by atoms with Gasteiger partial charge in [-0.3, -0.25) is 9.10 Å². The predicted octanol–water partition coefficient (Wildman–Crippen LogP) is 2.72. The van der Waals surface area contributed by atoms with Gasteiger partial charge in [-0.05, 0) is 43.9 Å². The fourth-order valence-electron chi connectivity index (χ4n) is 2.51. The van der Waals surface area contributed by atoms with Crippen LogP contribution in [0, 0.1) is 13.8 Å². The summed E-state index contributed by atoms with van der Waals surface area (Å²) in [5, 5.41) is 0. The smallest absolute Gasteiger partial charge is 0.243 e. The molecule has 0 N–H and O–H groups in total. The number of benzene rings is 1. The maximum atomic E-state index is 12.6. The summed E-state index contributed by atoms with van der Waals surface area (Å²) in [7, 11) is -3.53. The number of rotatable bonds is 8.